The molecule has 10 fully saturated rings. The molecule has 0 aliphatic heterocycles. The highest BCUT2D eigenvalue weighted by Gasteiger charge is 2.41. The van der Waals surface area contributed by atoms with Crippen molar-refractivity contribution >= 4 is 0 Å². The van der Waals surface area contributed by atoms with Crippen LogP contribution in [0.4, 0.5) is 0 Å². The zero-order valence-electron chi connectivity index (χ0n) is 21.1. The topological polar surface area (TPSA) is 0 Å². The van der Waals surface area contributed by atoms with Crippen LogP contribution in [0.25, 0.3) is 0 Å². The van der Waals surface area contributed by atoms with Crippen LogP contribution in [0.3, 0.4) is 0 Å². The monoisotopic (exact) mass is 436 g/mol. The molecular formula is C32H52. The van der Waals surface area contributed by atoms with E-state index in [1.807, 2.05) is 0 Å². The Labute approximate surface area is 199 Å². The Bertz CT molecular complexity index is 512. The Hall–Kier alpha value is -0.260. The zero-order valence-corrected chi connectivity index (χ0v) is 21.1. The van der Waals surface area contributed by atoms with Gasteiger partial charge < -0.3 is 0 Å². The Morgan fingerprint density at radius 3 is 0.688 bits per heavy atom. The molecule has 0 heterocycles. The molecule has 0 saturated heterocycles. The van der Waals surface area contributed by atoms with Crippen molar-refractivity contribution in [1.29, 1.82) is 0 Å². The maximum Gasteiger partial charge on any atom is -0.0228 e. The summed E-state index contributed by atoms with van der Waals surface area (Å²) in [6.45, 7) is 0. The summed E-state index contributed by atoms with van der Waals surface area (Å²) in [7, 11) is 0. The van der Waals surface area contributed by atoms with Crippen LogP contribution in [0.1, 0.15) is 128 Å². The van der Waals surface area contributed by atoms with E-state index in [2.05, 4.69) is 12.2 Å². The molecule has 0 heteroatoms. The zero-order chi connectivity index (χ0) is 21.3. The van der Waals surface area contributed by atoms with Crippen molar-refractivity contribution in [2.75, 3.05) is 0 Å². The van der Waals surface area contributed by atoms with E-state index in [9.17, 15) is 0 Å². The number of hydrogen-bond acceptors (Lipinski definition) is 0. The minimum absolute atomic E-state index is 0.991. The fourth-order valence-corrected chi connectivity index (χ4v) is 10.2. The summed E-state index contributed by atoms with van der Waals surface area (Å²) in [6.07, 6.45) is 36.0. The molecule has 11 aliphatic rings. The molecule has 0 aromatic rings. The van der Waals surface area contributed by atoms with Gasteiger partial charge in [-0.15, -0.1) is 0 Å². The molecule has 11 aliphatic carbocycles. The summed E-state index contributed by atoms with van der Waals surface area (Å²) in [6, 6.07) is 0. The molecule has 0 N–H and O–H groups in total. The van der Waals surface area contributed by atoms with E-state index in [4.69, 9.17) is 0 Å². The van der Waals surface area contributed by atoms with Crippen LogP contribution in [0.2, 0.25) is 0 Å². The Balaban J connectivity index is 0.0000000825. The van der Waals surface area contributed by atoms with Crippen LogP contribution in [-0.4, -0.2) is 0 Å². The Morgan fingerprint density at radius 2 is 0.531 bits per heavy atom. The van der Waals surface area contributed by atoms with E-state index in [0.29, 0.717) is 0 Å². The van der Waals surface area contributed by atoms with Crippen LogP contribution in [-0.2, 0) is 0 Å². The van der Waals surface area contributed by atoms with Crippen LogP contribution in [0.15, 0.2) is 12.2 Å². The third-order valence-corrected chi connectivity index (χ3v) is 11.8. The first-order valence-corrected chi connectivity index (χ1v) is 15.4. The van der Waals surface area contributed by atoms with E-state index >= 15 is 0 Å². The first kappa shape index (κ1) is 22.2. The fourth-order valence-electron chi connectivity index (χ4n) is 10.2. The van der Waals surface area contributed by atoms with Crippen LogP contribution >= 0.6 is 0 Å². The van der Waals surface area contributed by atoms with Gasteiger partial charge in [-0.1, -0.05) is 76.4 Å². The average molecular weight is 437 g/mol. The van der Waals surface area contributed by atoms with Gasteiger partial charge in [0.1, 0.15) is 0 Å². The quantitative estimate of drug-likeness (QED) is 0.331. The summed E-state index contributed by atoms with van der Waals surface area (Å²) < 4.78 is 0. The first-order valence-electron chi connectivity index (χ1n) is 15.4. The maximum absolute atomic E-state index is 2.38. The van der Waals surface area contributed by atoms with Crippen LogP contribution in [0.5, 0.6) is 0 Å². The average Bonchev–Trinajstić information content (AvgIpc) is 3.65. The third-order valence-electron chi connectivity index (χ3n) is 11.8. The molecule has 2 unspecified atom stereocenters. The van der Waals surface area contributed by atoms with Crippen molar-refractivity contribution < 1.29 is 0 Å². The van der Waals surface area contributed by atoms with Crippen molar-refractivity contribution in [1.82, 2.24) is 0 Å². The molecule has 180 valence electrons. The minimum Gasteiger partial charge on any atom is -0.0851 e. The van der Waals surface area contributed by atoms with Gasteiger partial charge in [-0.05, 0) is 123 Å². The van der Waals surface area contributed by atoms with E-state index in [1.165, 1.54) is 54.8 Å². The highest BCUT2D eigenvalue weighted by molar-refractivity contribution is 5.06. The number of rotatable bonds is 0. The summed E-state index contributed by atoms with van der Waals surface area (Å²) in [5.74, 6) is 11.3. The second kappa shape index (κ2) is 10.2. The van der Waals surface area contributed by atoms with Gasteiger partial charge in [-0.3, -0.25) is 0 Å². The largest absolute Gasteiger partial charge is 0.0851 e. The van der Waals surface area contributed by atoms with Gasteiger partial charge in [0.15, 0.2) is 0 Å². The lowest BCUT2D eigenvalue weighted by atomic mass is 9.56. The Morgan fingerprint density at radius 1 is 0.250 bits per heavy atom. The maximum atomic E-state index is 2.38. The van der Waals surface area contributed by atoms with Crippen LogP contribution < -0.4 is 0 Å². The molecule has 10 bridgehead atoms. The molecule has 0 aromatic carbocycles. The molecule has 2 atom stereocenters. The second-order valence-electron chi connectivity index (χ2n) is 14.2. The van der Waals surface area contributed by atoms with E-state index in [0.717, 1.165) is 23.7 Å². The third kappa shape index (κ3) is 5.51. The van der Waals surface area contributed by atoms with Crippen molar-refractivity contribution in [3.05, 3.63) is 12.2 Å². The van der Waals surface area contributed by atoms with Gasteiger partial charge in [0.05, 0.1) is 0 Å². The number of allylic oxidation sites excluding steroid dienone is 2. The molecule has 0 nitrogen and oxygen atoms in total. The van der Waals surface area contributed by atoms with Gasteiger partial charge in [0.25, 0.3) is 0 Å². The highest BCUT2D eigenvalue weighted by atomic mass is 14.5. The SMILES string of the molecule is C1=CC2CCC1C2.C1C2CC3CC1CC(C2)C3.C1CC2CCC1C2.C1CC2CCC1CC2. The van der Waals surface area contributed by atoms with E-state index in [1.54, 1.807) is 109 Å². The Kier molecular flexibility index (Phi) is 7.05. The standard InChI is InChI=1S/C10H16.C8H14.C7H12.C7H10/c1-7-2-9-4-8(1)5-10(3-7)6-9;1-2-8-5-3-7(1)4-6-8;2*1-2-7-4-3-6(1)5-7/h7-10H,1-6H2;7-8H,1-6H2;6-7H,1-5H2;1-2,6-7H,3-5H2. The molecule has 0 spiro atoms. The predicted octanol–water partition coefficient (Wildman–Crippen LogP) is 9.59. The lowest BCUT2D eigenvalue weighted by Gasteiger charge is -2.49. The predicted molar refractivity (Wildman–Crippen MR) is 136 cm³/mol. The van der Waals surface area contributed by atoms with Crippen molar-refractivity contribution in [3.8, 4) is 0 Å². The lowest BCUT2D eigenvalue weighted by Crippen LogP contribution is -2.38. The smallest absolute Gasteiger partial charge is 0.0228 e. The molecule has 0 radical (unpaired) electrons. The van der Waals surface area contributed by atoms with Crippen molar-refractivity contribution in [2.24, 2.45) is 59.2 Å². The molecule has 32 heavy (non-hydrogen) atoms. The summed E-state index contributed by atoms with van der Waals surface area (Å²) in [5, 5.41) is 0. The minimum atomic E-state index is 0.991. The van der Waals surface area contributed by atoms with Gasteiger partial charge >= 0.3 is 0 Å². The summed E-state index contributed by atoms with van der Waals surface area (Å²) >= 11 is 0. The first-order chi connectivity index (χ1) is 15.7. The molecule has 0 amide bonds. The lowest BCUT2D eigenvalue weighted by molar-refractivity contribution is 0.0198. The summed E-state index contributed by atoms with van der Waals surface area (Å²) in [4.78, 5) is 0. The molecular weight excluding hydrogens is 384 g/mol. The second-order valence-corrected chi connectivity index (χ2v) is 14.2. The van der Waals surface area contributed by atoms with Gasteiger partial charge in [-0.25, -0.2) is 0 Å². The molecule has 0 aromatic heterocycles. The number of hydrogen-bond donors (Lipinski definition) is 0. The fraction of sp³-hybridized carbons (Fsp3) is 0.938. The van der Waals surface area contributed by atoms with Crippen molar-refractivity contribution in [3.63, 3.8) is 0 Å². The van der Waals surface area contributed by atoms with Gasteiger partial charge in [0, 0.05) is 0 Å². The van der Waals surface area contributed by atoms with Gasteiger partial charge in [-0.2, -0.15) is 0 Å². The molecule has 11 rings (SSSR count). The highest BCUT2D eigenvalue weighted by Crippen LogP contribution is 2.53. The normalized spacial score (nSPS) is 49.8. The van der Waals surface area contributed by atoms with Crippen LogP contribution in [0, 0.1) is 59.2 Å². The van der Waals surface area contributed by atoms with E-state index in [-0.39, 0.29) is 0 Å². The van der Waals surface area contributed by atoms with E-state index < -0.39 is 0 Å². The molecule has 10 saturated carbocycles. The number of fused-ring (bicyclic) bond motifs is 7. The summed E-state index contributed by atoms with van der Waals surface area (Å²) in [5.41, 5.74) is 0. The van der Waals surface area contributed by atoms with Gasteiger partial charge in [0.2, 0.25) is 0 Å². The van der Waals surface area contributed by atoms with Crippen molar-refractivity contribution in [2.45, 2.75) is 128 Å².